The Balaban J connectivity index is 2.71. The minimum Gasteiger partial charge on any atom is -0.496 e. The molecule has 1 aromatic carbocycles. The van der Waals surface area contributed by atoms with Crippen LogP contribution in [0.4, 0.5) is 5.82 Å². The Morgan fingerprint density at radius 2 is 1.80 bits per heavy atom. The van der Waals surface area contributed by atoms with Crippen LogP contribution in [0.2, 0.25) is 0 Å². The molecule has 1 heterocycles. The second-order valence-corrected chi connectivity index (χ2v) is 6.17. The average molecular weight is 297 g/mol. The molecule has 0 amide bonds. The summed E-state index contributed by atoms with van der Waals surface area (Å²) in [7, 11) is -0.568. The van der Waals surface area contributed by atoms with Crippen molar-refractivity contribution >= 4 is 15.7 Å². The van der Waals surface area contributed by atoms with Crippen molar-refractivity contribution in [1.82, 2.24) is 10.2 Å². The van der Waals surface area contributed by atoms with Crippen molar-refractivity contribution in [1.29, 1.82) is 0 Å². The molecule has 0 spiro atoms. The number of rotatable bonds is 4. The van der Waals surface area contributed by atoms with Crippen molar-refractivity contribution in [3.05, 3.63) is 18.2 Å². The zero-order chi connectivity index (χ0) is 14.9. The van der Waals surface area contributed by atoms with Crippen molar-refractivity contribution in [3.63, 3.8) is 0 Å². The molecule has 0 saturated heterocycles. The van der Waals surface area contributed by atoms with E-state index in [4.69, 9.17) is 15.2 Å². The van der Waals surface area contributed by atoms with Gasteiger partial charge in [0, 0.05) is 24.0 Å². The molecule has 7 nitrogen and oxygen atoms in total. The maximum absolute atomic E-state index is 11.8. The number of ether oxygens (including phenoxy) is 2. The molecule has 0 saturated carbocycles. The summed E-state index contributed by atoms with van der Waals surface area (Å²) in [6.07, 6.45) is 1.11. The van der Waals surface area contributed by atoms with Gasteiger partial charge in [-0.05, 0) is 6.07 Å². The normalized spacial score (nSPS) is 11.3. The second kappa shape index (κ2) is 5.04. The van der Waals surface area contributed by atoms with Crippen molar-refractivity contribution in [2.24, 2.45) is 0 Å². The van der Waals surface area contributed by atoms with E-state index in [9.17, 15) is 8.42 Å². The number of H-pyrrole nitrogens is 1. The summed E-state index contributed by atoms with van der Waals surface area (Å²) in [5.74, 6) is 0.944. The maximum Gasteiger partial charge on any atom is 0.179 e. The van der Waals surface area contributed by atoms with E-state index < -0.39 is 9.84 Å². The van der Waals surface area contributed by atoms with Gasteiger partial charge in [-0.2, -0.15) is 5.10 Å². The quantitative estimate of drug-likeness (QED) is 0.874. The van der Waals surface area contributed by atoms with Crippen molar-refractivity contribution < 1.29 is 17.9 Å². The summed E-state index contributed by atoms with van der Waals surface area (Å²) in [5.41, 5.74) is 6.79. The van der Waals surface area contributed by atoms with Gasteiger partial charge in [0.25, 0.3) is 0 Å². The third-order valence-electron chi connectivity index (χ3n) is 2.77. The Labute approximate surface area is 116 Å². The first-order valence-electron chi connectivity index (χ1n) is 5.64. The van der Waals surface area contributed by atoms with Crippen LogP contribution >= 0.6 is 0 Å². The van der Waals surface area contributed by atoms with Gasteiger partial charge in [0.15, 0.2) is 9.84 Å². The van der Waals surface area contributed by atoms with Gasteiger partial charge in [-0.15, -0.1) is 0 Å². The Morgan fingerprint density at radius 1 is 1.15 bits per heavy atom. The van der Waals surface area contributed by atoms with Crippen LogP contribution in [0.15, 0.2) is 23.1 Å². The third kappa shape index (κ3) is 2.55. The van der Waals surface area contributed by atoms with Gasteiger partial charge in [-0.25, -0.2) is 8.42 Å². The average Bonchev–Trinajstić information content (AvgIpc) is 2.82. The van der Waals surface area contributed by atoms with E-state index in [2.05, 4.69) is 10.2 Å². The highest BCUT2D eigenvalue weighted by molar-refractivity contribution is 7.90. The van der Waals surface area contributed by atoms with Crippen molar-refractivity contribution in [2.45, 2.75) is 4.90 Å². The number of aromatic nitrogens is 2. The fourth-order valence-electron chi connectivity index (χ4n) is 1.85. The molecule has 108 valence electrons. The number of nitrogen functional groups attached to an aromatic ring is 1. The predicted molar refractivity (Wildman–Crippen MR) is 74.6 cm³/mol. The summed E-state index contributed by atoms with van der Waals surface area (Å²) in [6.45, 7) is 0. The molecule has 1 aromatic heterocycles. The number of hydrogen-bond acceptors (Lipinski definition) is 6. The lowest BCUT2D eigenvalue weighted by Crippen LogP contribution is -2.02. The van der Waals surface area contributed by atoms with E-state index in [1.807, 2.05) is 0 Å². The van der Waals surface area contributed by atoms with Crippen LogP contribution in [-0.4, -0.2) is 39.1 Å². The van der Waals surface area contributed by atoms with Gasteiger partial charge < -0.3 is 15.2 Å². The van der Waals surface area contributed by atoms with E-state index in [0.29, 0.717) is 22.8 Å². The molecule has 0 aliphatic carbocycles. The fourth-order valence-corrected chi connectivity index (χ4v) is 2.67. The number of nitrogens with zero attached hydrogens (tertiary/aromatic N) is 1. The predicted octanol–water partition coefficient (Wildman–Crippen LogP) is 1.08. The maximum atomic E-state index is 11.8. The molecule has 2 rings (SSSR count). The number of benzene rings is 1. The molecule has 2 aromatic rings. The van der Waals surface area contributed by atoms with Crippen LogP contribution in [0.3, 0.4) is 0 Å². The number of methoxy groups -OCH3 is 2. The second-order valence-electron chi connectivity index (χ2n) is 4.18. The van der Waals surface area contributed by atoms with Gasteiger partial charge in [0.1, 0.15) is 22.2 Å². The first-order chi connectivity index (χ1) is 9.36. The molecule has 0 unspecified atom stereocenters. The third-order valence-corrected chi connectivity index (χ3v) is 3.89. The van der Waals surface area contributed by atoms with Gasteiger partial charge in [0.2, 0.25) is 0 Å². The number of hydrogen-bond donors (Lipinski definition) is 2. The number of nitrogens with two attached hydrogens (primary N) is 1. The van der Waals surface area contributed by atoms with Crippen molar-refractivity contribution in [3.8, 4) is 22.8 Å². The number of nitrogens with one attached hydrogen (secondary N) is 1. The van der Waals surface area contributed by atoms with Crippen LogP contribution < -0.4 is 15.2 Å². The number of anilines is 1. The fraction of sp³-hybridized carbons (Fsp3) is 0.250. The van der Waals surface area contributed by atoms with E-state index in [1.165, 1.54) is 20.3 Å². The van der Waals surface area contributed by atoms with Crippen LogP contribution in [-0.2, 0) is 9.84 Å². The largest absolute Gasteiger partial charge is 0.496 e. The summed E-state index contributed by atoms with van der Waals surface area (Å²) >= 11 is 0. The molecule has 0 fully saturated rings. The minimum absolute atomic E-state index is 0.0630. The molecular formula is C12H15N3O4S. The Hall–Kier alpha value is -2.22. The highest BCUT2D eigenvalue weighted by Crippen LogP contribution is 2.37. The van der Waals surface area contributed by atoms with Crippen molar-refractivity contribution in [2.75, 3.05) is 26.2 Å². The van der Waals surface area contributed by atoms with Crippen LogP contribution in [0, 0.1) is 0 Å². The standard InChI is InChI=1S/C12H15N3O4S/c1-18-9-6-11(20(3,16)17)10(19-2)4-7(9)8-5-12(13)15-14-8/h4-6H,1-3H3,(H3,13,14,15). The molecule has 20 heavy (non-hydrogen) atoms. The van der Waals surface area contributed by atoms with Gasteiger partial charge in [0.05, 0.1) is 19.9 Å². The Kier molecular flexibility index (Phi) is 3.58. The van der Waals surface area contributed by atoms with E-state index in [-0.39, 0.29) is 10.6 Å². The smallest absolute Gasteiger partial charge is 0.179 e. The van der Waals surface area contributed by atoms with Crippen LogP contribution in [0.1, 0.15) is 0 Å². The zero-order valence-electron chi connectivity index (χ0n) is 11.3. The summed E-state index contributed by atoms with van der Waals surface area (Å²) in [4.78, 5) is 0.0630. The Bertz CT molecular complexity index is 737. The first kappa shape index (κ1) is 14.2. The SMILES string of the molecule is COc1cc(S(C)(=O)=O)c(OC)cc1-c1cc(N)n[nH]1. The highest BCUT2D eigenvalue weighted by Gasteiger charge is 2.20. The molecule has 0 bridgehead atoms. The molecule has 0 radical (unpaired) electrons. The lowest BCUT2D eigenvalue weighted by atomic mass is 10.1. The Morgan fingerprint density at radius 3 is 2.25 bits per heavy atom. The van der Waals surface area contributed by atoms with E-state index in [1.54, 1.807) is 12.1 Å². The van der Waals surface area contributed by atoms with Gasteiger partial charge in [-0.3, -0.25) is 5.10 Å². The zero-order valence-corrected chi connectivity index (χ0v) is 12.1. The van der Waals surface area contributed by atoms with Gasteiger partial charge >= 0.3 is 0 Å². The highest BCUT2D eigenvalue weighted by atomic mass is 32.2. The summed E-state index contributed by atoms with van der Waals surface area (Å²) in [6, 6.07) is 4.61. The molecule has 0 aliphatic rings. The van der Waals surface area contributed by atoms with Crippen LogP contribution in [0.25, 0.3) is 11.3 Å². The summed E-state index contributed by atoms with van der Waals surface area (Å²) < 4.78 is 33.9. The lowest BCUT2D eigenvalue weighted by molar-refractivity contribution is 0.393. The van der Waals surface area contributed by atoms with Gasteiger partial charge in [-0.1, -0.05) is 0 Å². The molecular weight excluding hydrogens is 282 g/mol. The van der Waals surface area contributed by atoms with E-state index in [0.717, 1.165) is 6.26 Å². The molecule has 0 atom stereocenters. The van der Waals surface area contributed by atoms with E-state index >= 15 is 0 Å². The number of aromatic amines is 1. The number of sulfone groups is 1. The molecule has 0 aliphatic heterocycles. The lowest BCUT2D eigenvalue weighted by Gasteiger charge is -2.13. The molecule has 3 N–H and O–H groups in total. The van der Waals surface area contributed by atoms with Crippen LogP contribution in [0.5, 0.6) is 11.5 Å². The molecule has 8 heteroatoms. The monoisotopic (exact) mass is 297 g/mol. The first-order valence-corrected chi connectivity index (χ1v) is 7.53. The topological polar surface area (TPSA) is 107 Å². The minimum atomic E-state index is -3.43. The summed E-state index contributed by atoms with van der Waals surface area (Å²) in [5, 5.41) is 6.58.